The van der Waals surface area contributed by atoms with Crippen molar-refractivity contribution in [2.75, 3.05) is 0 Å². The van der Waals surface area contributed by atoms with Crippen LogP contribution >= 0.6 is 34.8 Å². The van der Waals surface area contributed by atoms with E-state index in [0.717, 1.165) is 11.1 Å². The fourth-order valence-electron chi connectivity index (χ4n) is 3.38. The van der Waals surface area contributed by atoms with E-state index in [9.17, 15) is 9.59 Å². The van der Waals surface area contributed by atoms with Crippen molar-refractivity contribution < 1.29 is 14.3 Å². The predicted molar refractivity (Wildman–Crippen MR) is 164 cm³/mol. The van der Waals surface area contributed by atoms with Crippen molar-refractivity contribution >= 4 is 46.6 Å². The summed E-state index contributed by atoms with van der Waals surface area (Å²) in [4.78, 5) is 36.2. The van der Waals surface area contributed by atoms with Crippen LogP contribution in [0.5, 0.6) is 0 Å². The maximum atomic E-state index is 10.7. The Labute approximate surface area is 262 Å². The molecule has 2 aromatic carbocycles. The number of hydrogen-bond acceptors (Lipinski definition) is 8. The summed E-state index contributed by atoms with van der Waals surface area (Å²) >= 11 is 18.3. The molecule has 0 aliphatic heterocycles. The fraction of sp³-hybridized carbons (Fsp3) is 0.103. The number of rotatable bonds is 8. The van der Waals surface area contributed by atoms with Gasteiger partial charge in [0.1, 0.15) is 11.8 Å². The van der Waals surface area contributed by atoms with Crippen molar-refractivity contribution in [3.63, 3.8) is 0 Å². The number of pyridine rings is 1. The number of imidazole rings is 1. The molecule has 3 heterocycles. The molecule has 3 aromatic heterocycles. The van der Waals surface area contributed by atoms with E-state index >= 15 is 0 Å². The van der Waals surface area contributed by atoms with Gasteiger partial charge < -0.3 is 15.0 Å². The first kappa shape index (κ1) is 33.1. The third-order valence-corrected chi connectivity index (χ3v) is 6.31. The van der Waals surface area contributed by atoms with E-state index in [1.54, 1.807) is 30.7 Å². The second-order valence-corrected chi connectivity index (χ2v) is 9.80. The summed E-state index contributed by atoms with van der Waals surface area (Å²) in [5.41, 5.74) is 9.52. The Hall–Kier alpha value is -4.39. The third kappa shape index (κ3) is 11.4. The number of nitrogens with zero attached hydrogens (tertiary/aromatic N) is 5. The molecule has 222 valence electrons. The summed E-state index contributed by atoms with van der Waals surface area (Å²) in [6, 6.07) is 16.2. The monoisotopic (exact) mass is 640 g/mol. The van der Waals surface area contributed by atoms with Gasteiger partial charge in [-0.3, -0.25) is 25.0 Å². The molecule has 14 heteroatoms. The maximum Gasteiger partial charge on any atom is 0.268 e. The van der Waals surface area contributed by atoms with E-state index in [-0.39, 0.29) is 17.7 Å². The SMILES string of the molecule is Clc1ccc(COC(Cn2ccnc2)c2ccc(Cl)cc2Cl)cc1.NC(=O)c1cnccn1.NNC(=O)c1ccncc1. The van der Waals surface area contributed by atoms with Crippen LogP contribution in [0.4, 0.5) is 0 Å². The minimum atomic E-state index is -0.553. The third-order valence-electron chi connectivity index (χ3n) is 5.50. The number of amides is 2. The Morgan fingerprint density at radius 2 is 1.60 bits per heavy atom. The van der Waals surface area contributed by atoms with Crippen LogP contribution in [-0.2, 0) is 17.9 Å². The lowest BCUT2D eigenvalue weighted by atomic mass is 10.1. The summed E-state index contributed by atoms with van der Waals surface area (Å²) in [5, 5.41) is 1.89. The van der Waals surface area contributed by atoms with E-state index in [1.165, 1.54) is 31.0 Å². The molecule has 1 atom stereocenters. The topological polar surface area (TPSA) is 164 Å². The van der Waals surface area contributed by atoms with Crippen LogP contribution in [0.25, 0.3) is 0 Å². The highest BCUT2D eigenvalue weighted by Crippen LogP contribution is 2.30. The van der Waals surface area contributed by atoms with E-state index in [1.807, 2.05) is 52.6 Å². The Morgan fingerprint density at radius 1 is 0.884 bits per heavy atom. The molecule has 0 aliphatic carbocycles. The number of benzene rings is 2. The first-order valence-electron chi connectivity index (χ1n) is 12.5. The molecule has 0 saturated carbocycles. The number of halogens is 3. The Kier molecular flexibility index (Phi) is 13.5. The highest BCUT2D eigenvalue weighted by molar-refractivity contribution is 6.35. The zero-order valence-electron chi connectivity index (χ0n) is 22.6. The molecule has 0 aliphatic rings. The number of ether oxygens (including phenoxy) is 1. The first-order valence-corrected chi connectivity index (χ1v) is 13.6. The Bertz CT molecular complexity index is 1560. The van der Waals surface area contributed by atoms with Gasteiger partial charge in [0.15, 0.2) is 0 Å². The van der Waals surface area contributed by atoms with E-state index in [4.69, 9.17) is 51.1 Å². The van der Waals surface area contributed by atoms with Gasteiger partial charge in [-0.25, -0.2) is 15.8 Å². The van der Waals surface area contributed by atoms with Gasteiger partial charge in [-0.1, -0.05) is 53.0 Å². The Morgan fingerprint density at radius 3 is 2.16 bits per heavy atom. The van der Waals surface area contributed by atoms with Crippen molar-refractivity contribution in [1.82, 2.24) is 29.9 Å². The lowest BCUT2D eigenvalue weighted by Crippen LogP contribution is -2.29. The Balaban J connectivity index is 0.000000218. The number of carbonyl (C=O) groups excluding carboxylic acids is 2. The molecular formula is C29H27Cl3N8O3. The minimum Gasteiger partial charge on any atom is -0.367 e. The van der Waals surface area contributed by atoms with E-state index < -0.39 is 5.91 Å². The number of nitrogens with two attached hydrogens (primary N) is 2. The molecular weight excluding hydrogens is 615 g/mol. The molecule has 0 spiro atoms. The highest BCUT2D eigenvalue weighted by Gasteiger charge is 2.17. The average molecular weight is 642 g/mol. The number of hydrogen-bond donors (Lipinski definition) is 3. The van der Waals surface area contributed by atoms with Crippen molar-refractivity contribution in [2.45, 2.75) is 19.3 Å². The first-order chi connectivity index (χ1) is 20.8. The molecule has 0 fully saturated rings. The molecule has 11 nitrogen and oxygen atoms in total. The number of nitrogen functional groups attached to an aromatic ring is 1. The molecule has 2 amide bonds. The van der Waals surface area contributed by atoms with Crippen molar-refractivity contribution in [3.8, 4) is 0 Å². The molecule has 5 aromatic rings. The number of hydrazine groups is 1. The van der Waals surface area contributed by atoms with Gasteiger partial charge in [0.2, 0.25) is 0 Å². The molecule has 0 saturated heterocycles. The van der Waals surface area contributed by atoms with Crippen LogP contribution in [0.1, 0.15) is 38.1 Å². The van der Waals surface area contributed by atoms with E-state index in [0.29, 0.717) is 33.8 Å². The van der Waals surface area contributed by atoms with Gasteiger partial charge >= 0.3 is 0 Å². The molecule has 0 radical (unpaired) electrons. The number of aromatic nitrogens is 5. The largest absolute Gasteiger partial charge is 0.367 e. The normalized spacial score (nSPS) is 10.8. The van der Waals surface area contributed by atoms with Gasteiger partial charge in [0.25, 0.3) is 11.8 Å². The summed E-state index contributed by atoms with van der Waals surface area (Å²) in [6.07, 6.45) is 12.4. The smallest absolute Gasteiger partial charge is 0.268 e. The molecule has 5 rings (SSSR count). The number of nitrogens with one attached hydrogen (secondary N) is 1. The summed E-state index contributed by atoms with van der Waals surface area (Å²) in [6.45, 7) is 1.06. The quantitative estimate of drug-likeness (QED) is 0.120. The van der Waals surface area contributed by atoms with Crippen LogP contribution in [0.3, 0.4) is 0 Å². The molecule has 1 unspecified atom stereocenters. The minimum absolute atomic E-state index is 0.192. The zero-order chi connectivity index (χ0) is 31.0. The van der Waals surface area contributed by atoms with Crippen molar-refractivity contribution in [2.24, 2.45) is 11.6 Å². The number of carbonyl (C=O) groups is 2. The second kappa shape index (κ2) is 17.5. The highest BCUT2D eigenvalue weighted by atomic mass is 35.5. The van der Waals surface area contributed by atoms with Gasteiger partial charge in [-0.15, -0.1) is 0 Å². The lowest BCUT2D eigenvalue weighted by Gasteiger charge is -2.20. The molecule has 5 N–H and O–H groups in total. The maximum absolute atomic E-state index is 10.7. The van der Waals surface area contributed by atoms with Crippen LogP contribution in [0.2, 0.25) is 15.1 Å². The lowest BCUT2D eigenvalue weighted by molar-refractivity contribution is 0.0280. The zero-order valence-corrected chi connectivity index (χ0v) is 24.8. The summed E-state index contributed by atoms with van der Waals surface area (Å²) in [7, 11) is 0. The van der Waals surface area contributed by atoms with Crippen molar-refractivity contribution in [3.05, 3.63) is 142 Å². The van der Waals surface area contributed by atoms with Crippen LogP contribution in [0.15, 0.2) is 104 Å². The van der Waals surface area contributed by atoms with E-state index in [2.05, 4.69) is 19.9 Å². The predicted octanol–water partition coefficient (Wildman–Crippen LogP) is 5.06. The molecule has 43 heavy (non-hydrogen) atoms. The summed E-state index contributed by atoms with van der Waals surface area (Å²) in [5.74, 6) is 4.03. The number of primary amides is 1. The van der Waals surface area contributed by atoms with Gasteiger partial charge in [0.05, 0.1) is 25.7 Å². The van der Waals surface area contributed by atoms with Crippen LogP contribution < -0.4 is 17.0 Å². The van der Waals surface area contributed by atoms with Gasteiger partial charge in [0, 0.05) is 63.4 Å². The standard InChI is InChI=1S/C18H15Cl3N2O.C6H7N3O.C5H5N3O/c19-14-3-1-13(2-4-14)11-24-18(10-23-8-7-22-12-23)16-6-5-15(20)9-17(16)21;7-9-6(10)5-1-3-8-4-2-5;6-5(9)4-3-7-1-2-8-4/h1-9,12,18H,10-11H2;1-4H,7H2,(H,9,10);1-3H,(H2,6,9). The summed E-state index contributed by atoms with van der Waals surface area (Å²) < 4.78 is 8.08. The fourth-order valence-corrected chi connectivity index (χ4v) is 4.04. The van der Waals surface area contributed by atoms with Gasteiger partial charge in [-0.05, 0) is 42.0 Å². The second-order valence-electron chi connectivity index (χ2n) is 8.52. The van der Waals surface area contributed by atoms with Crippen LogP contribution in [-0.4, -0.2) is 36.3 Å². The average Bonchev–Trinajstić information content (AvgIpc) is 3.55. The van der Waals surface area contributed by atoms with Crippen molar-refractivity contribution in [1.29, 1.82) is 0 Å². The van der Waals surface area contributed by atoms with Gasteiger partial charge in [-0.2, -0.15) is 0 Å². The molecule has 0 bridgehead atoms. The van der Waals surface area contributed by atoms with Crippen LogP contribution in [0, 0.1) is 0 Å².